The molecule has 1 N–H and O–H groups in total. The van der Waals surface area contributed by atoms with Crippen molar-refractivity contribution in [2.45, 2.75) is 44.5 Å². The van der Waals surface area contributed by atoms with Crippen molar-refractivity contribution in [2.75, 3.05) is 13.1 Å². The lowest BCUT2D eigenvalue weighted by atomic mass is 9.90. The molecule has 5 nitrogen and oxygen atoms in total. The quantitative estimate of drug-likeness (QED) is 0.920. The summed E-state index contributed by atoms with van der Waals surface area (Å²) >= 11 is 0. The summed E-state index contributed by atoms with van der Waals surface area (Å²) in [6.45, 7) is 2.13. The second kappa shape index (κ2) is 5.67. The van der Waals surface area contributed by atoms with E-state index in [4.69, 9.17) is 0 Å². The van der Waals surface area contributed by atoms with Gasteiger partial charge in [0.1, 0.15) is 0 Å². The number of amides is 1. The summed E-state index contributed by atoms with van der Waals surface area (Å²) in [6, 6.07) is 0. The smallest absolute Gasteiger partial charge is 0.380 e. The minimum absolute atomic E-state index is 0.0764. The number of hydrogen-bond donors (Lipinski definition) is 1. The molecule has 0 radical (unpaired) electrons. The molecule has 1 fully saturated rings. The van der Waals surface area contributed by atoms with E-state index in [-0.39, 0.29) is 25.4 Å². The average molecular weight is 305 g/mol. The summed E-state index contributed by atoms with van der Waals surface area (Å²) < 4.78 is 39.6. The maximum Gasteiger partial charge on any atom is 0.417 e. The minimum atomic E-state index is -4.64. The van der Waals surface area contributed by atoms with Crippen LogP contribution >= 0.6 is 0 Å². The zero-order valence-electron chi connectivity index (χ0n) is 11.7. The van der Waals surface area contributed by atoms with Crippen molar-refractivity contribution >= 4 is 5.91 Å². The van der Waals surface area contributed by atoms with Gasteiger partial charge in [-0.1, -0.05) is 0 Å². The lowest BCUT2D eigenvalue weighted by Crippen LogP contribution is -2.54. The normalized spacial score (nSPS) is 18.8. The molecule has 0 unspecified atom stereocenters. The Labute approximate surface area is 120 Å². The van der Waals surface area contributed by atoms with E-state index >= 15 is 0 Å². The maximum atomic E-state index is 12.7. The number of piperidine rings is 1. The molecule has 1 amide bonds. The number of likely N-dealkylation sites (tertiary alicyclic amines) is 1. The lowest BCUT2D eigenvalue weighted by molar-refractivity contribution is -0.272. The average Bonchev–Trinajstić information content (AvgIpc) is 2.81. The molecule has 0 aromatic carbocycles. The topological polar surface area (TPSA) is 58.4 Å². The predicted molar refractivity (Wildman–Crippen MR) is 68.4 cm³/mol. The number of alkyl halides is 3. The van der Waals surface area contributed by atoms with Gasteiger partial charge in [0.05, 0.1) is 6.20 Å². The number of rotatable bonds is 3. The van der Waals surface area contributed by atoms with Crippen LogP contribution in [-0.4, -0.2) is 50.6 Å². The molecule has 2 heterocycles. The van der Waals surface area contributed by atoms with Crippen molar-refractivity contribution in [3.63, 3.8) is 0 Å². The zero-order chi connectivity index (χ0) is 15.7. The summed E-state index contributed by atoms with van der Waals surface area (Å²) in [5.41, 5.74) is -1.68. The largest absolute Gasteiger partial charge is 0.417 e. The SMILES string of the molecule is Cc1cnn(CCC(=O)N2CCC(O)(C(F)(F)F)CC2)c1. The number of aliphatic hydroxyl groups is 1. The highest BCUT2D eigenvalue weighted by molar-refractivity contribution is 5.76. The van der Waals surface area contributed by atoms with E-state index in [1.807, 2.05) is 6.92 Å². The fourth-order valence-electron chi connectivity index (χ4n) is 2.37. The number of aromatic nitrogens is 2. The Balaban J connectivity index is 1.83. The number of hydrogen-bond acceptors (Lipinski definition) is 3. The number of carbonyl (C=O) groups excluding carboxylic acids is 1. The van der Waals surface area contributed by atoms with Gasteiger partial charge in [-0.15, -0.1) is 0 Å². The Morgan fingerprint density at radius 3 is 2.52 bits per heavy atom. The van der Waals surface area contributed by atoms with Gasteiger partial charge in [0.25, 0.3) is 0 Å². The first-order valence-corrected chi connectivity index (χ1v) is 6.77. The zero-order valence-corrected chi connectivity index (χ0v) is 11.7. The van der Waals surface area contributed by atoms with E-state index in [0.29, 0.717) is 6.54 Å². The van der Waals surface area contributed by atoms with Crippen LogP contribution in [0.5, 0.6) is 0 Å². The summed E-state index contributed by atoms with van der Waals surface area (Å²) in [4.78, 5) is 13.3. The van der Waals surface area contributed by atoms with Crippen LogP contribution in [0.3, 0.4) is 0 Å². The standard InChI is InChI=1S/C13H18F3N3O2/c1-10-8-17-19(9-10)5-2-11(20)18-6-3-12(21,4-7-18)13(14,15)16/h8-9,21H,2-7H2,1H3. The van der Waals surface area contributed by atoms with Crippen LogP contribution < -0.4 is 0 Å². The van der Waals surface area contributed by atoms with Crippen LogP contribution in [0.2, 0.25) is 0 Å². The molecule has 1 aromatic heterocycles. The second-order valence-corrected chi connectivity index (χ2v) is 5.44. The molecule has 0 saturated carbocycles. The summed E-state index contributed by atoms with van der Waals surface area (Å²) in [6.07, 6.45) is -1.92. The number of aryl methyl sites for hydroxylation is 2. The molecule has 1 saturated heterocycles. The molecule has 1 aliphatic rings. The van der Waals surface area contributed by atoms with Gasteiger partial charge in [-0.05, 0) is 12.5 Å². The molecule has 0 bridgehead atoms. The molecule has 118 valence electrons. The molecule has 0 aliphatic carbocycles. The van der Waals surface area contributed by atoms with Crippen molar-refractivity contribution in [2.24, 2.45) is 0 Å². The monoisotopic (exact) mass is 305 g/mol. The Morgan fingerprint density at radius 1 is 1.43 bits per heavy atom. The fraction of sp³-hybridized carbons (Fsp3) is 0.692. The van der Waals surface area contributed by atoms with Gasteiger partial charge in [0.15, 0.2) is 5.60 Å². The van der Waals surface area contributed by atoms with Crippen LogP contribution in [0.15, 0.2) is 12.4 Å². The number of halogens is 3. The van der Waals surface area contributed by atoms with Crippen LogP contribution in [0.25, 0.3) is 0 Å². The first kappa shape index (κ1) is 15.8. The highest BCUT2D eigenvalue weighted by Gasteiger charge is 2.54. The predicted octanol–water partition coefficient (Wildman–Crippen LogP) is 1.50. The summed E-state index contributed by atoms with van der Waals surface area (Å²) in [5.74, 6) is -0.215. The van der Waals surface area contributed by atoms with E-state index in [2.05, 4.69) is 5.10 Å². The van der Waals surface area contributed by atoms with Crippen molar-refractivity contribution in [3.8, 4) is 0 Å². The molecule has 1 aliphatic heterocycles. The van der Waals surface area contributed by atoms with E-state index in [0.717, 1.165) is 5.56 Å². The third-order valence-electron chi connectivity index (χ3n) is 3.79. The van der Waals surface area contributed by atoms with Crippen LogP contribution in [0.4, 0.5) is 13.2 Å². The lowest BCUT2D eigenvalue weighted by Gasteiger charge is -2.39. The molecule has 1 aromatic rings. The Morgan fingerprint density at radius 2 is 2.05 bits per heavy atom. The van der Waals surface area contributed by atoms with E-state index in [1.54, 1.807) is 17.1 Å². The maximum absolute atomic E-state index is 12.7. The van der Waals surface area contributed by atoms with Gasteiger partial charge >= 0.3 is 6.18 Å². The van der Waals surface area contributed by atoms with Gasteiger partial charge in [-0.25, -0.2) is 0 Å². The van der Waals surface area contributed by atoms with Gasteiger partial charge in [-0.3, -0.25) is 9.48 Å². The molecular weight excluding hydrogens is 287 g/mol. The molecule has 8 heteroatoms. The first-order chi connectivity index (χ1) is 9.71. The second-order valence-electron chi connectivity index (χ2n) is 5.44. The third kappa shape index (κ3) is 3.55. The van der Waals surface area contributed by atoms with E-state index in [9.17, 15) is 23.1 Å². The Bertz CT molecular complexity index is 505. The molecule has 21 heavy (non-hydrogen) atoms. The van der Waals surface area contributed by atoms with Gasteiger partial charge in [0.2, 0.25) is 5.91 Å². The van der Waals surface area contributed by atoms with Crippen LogP contribution in [-0.2, 0) is 11.3 Å². The Kier molecular flexibility index (Phi) is 4.27. The number of nitrogens with zero attached hydrogens (tertiary/aromatic N) is 3. The molecule has 2 rings (SSSR count). The summed E-state index contributed by atoms with van der Waals surface area (Å²) in [7, 11) is 0. The number of carbonyl (C=O) groups is 1. The minimum Gasteiger partial charge on any atom is -0.380 e. The highest BCUT2D eigenvalue weighted by atomic mass is 19.4. The third-order valence-corrected chi connectivity index (χ3v) is 3.79. The summed E-state index contributed by atoms with van der Waals surface area (Å²) in [5, 5.41) is 13.6. The first-order valence-electron chi connectivity index (χ1n) is 6.77. The van der Waals surface area contributed by atoms with Gasteiger partial charge < -0.3 is 10.0 Å². The molecule has 0 spiro atoms. The highest BCUT2D eigenvalue weighted by Crippen LogP contribution is 2.38. The molecular formula is C13H18F3N3O2. The fourth-order valence-corrected chi connectivity index (χ4v) is 2.37. The van der Waals surface area contributed by atoms with Crippen molar-refractivity contribution in [1.82, 2.24) is 14.7 Å². The van der Waals surface area contributed by atoms with Crippen molar-refractivity contribution in [3.05, 3.63) is 18.0 Å². The van der Waals surface area contributed by atoms with Crippen LogP contribution in [0, 0.1) is 6.92 Å². The van der Waals surface area contributed by atoms with E-state index in [1.165, 1.54) is 4.90 Å². The Hall–Kier alpha value is -1.57. The van der Waals surface area contributed by atoms with Gasteiger partial charge in [-0.2, -0.15) is 18.3 Å². The van der Waals surface area contributed by atoms with Crippen molar-refractivity contribution < 1.29 is 23.1 Å². The van der Waals surface area contributed by atoms with E-state index < -0.39 is 24.6 Å². The van der Waals surface area contributed by atoms with Crippen LogP contribution in [0.1, 0.15) is 24.8 Å². The van der Waals surface area contributed by atoms with Gasteiger partial charge in [0, 0.05) is 45.1 Å². The van der Waals surface area contributed by atoms with Crippen molar-refractivity contribution in [1.29, 1.82) is 0 Å². The molecule has 0 atom stereocenters.